The maximum Gasteiger partial charge on any atom is 0.256 e. The third-order valence-electron chi connectivity index (χ3n) is 11.1. The topological polar surface area (TPSA) is 140 Å². The molecule has 4 aliphatic rings. The van der Waals surface area contributed by atoms with E-state index in [1.54, 1.807) is 23.2 Å². The average Bonchev–Trinajstić information content (AvgIpc) is 3.85. The third kappa shape index (κ3) is 6.67. The number of carbonyl (C=O) groups excluding carboxylic acids is 4. The molecule has 1 unspecified atom stereocenters. The fourth-order valence-corrected chi connectivity index (χ4v) is 8.16. The van der Waals surface area contributed by atoms with Crippen LogP contribution in [-0.4, -0.2) is 82.7 Å². The zero-order valence-electron chi connectivity index (χ0n) is 28.8. The van der Waals surface area contributed by atoms with E-state index in [0.29, 0.717) is 48.5 Å². The molecule has 2 aromatic carbocycles. The standard InChI is InChI=1S/C39H43N7O5/c1-44-16-3-6-33(44)31-20-26-22-40-35(21-30(26)41-31)42-37(48)25-7-9-27(10-8-25)51-19-15-24-13-17-45(18-14-24)32-5-2-4-28-29(32)23-46(39(28)50)34-11-12-36(47)43-38(34)49/h2,4-5,7-10,20-22,24,33-34,41H,3,6,11-19,23H2,1H3,(H,40,42,48)(H,43,47,49)/t33-,34?/m1/s1. The molecule has 4 aliphatic heterocycles. The zero-order valence-corrected chi connectivity index (χ0v) is 28.8. The summed E-state index contributed by atoms with van der Waals surface area (Å²) in [5.41, 5.74) is 5.34. The number of fused-ring (bicyclic) bond motifs is 2. The zero-order chi connectivity index (χ0) is 35.1. The Balaban J connectivity index is 0.803. The number of imide groups is 1. The van der Waals surface area contributed by atoms with E-state index in [4.69, 9.17) is 4.74 Å². The van der Waals surface area contributed by atoms with Gasteiger partial charge in [0.25, 0.3) is 11.8 Å². The molecular formula is C39H43N7O5. The fraction of sp³-hybridized carbons (Fsp3) is 0.410. The van der Waals surface area contributed by atoms with Gasteiger partial charge >= 0.3 is 0 Å². The number of carbonyl (C=O) groups is 4. The average molecular weight is 690 g/mol. The Morgan fingerprint density at radius 3 is 2.57 bits per heavy atom. The van der Waals surface area contributed by atoms with Crippen molar-refractivity contribution in [2.75, 3.05) is 43.5 Å². The smallest absolute Gasteiger partial charge is 0.256 e. The second-order valence-electron chi connectivity index (χ2n) is 14.3. The molecule has 51 heavy (non-hydrogen) atoms. The van der Waals surface area contributed by atoms with Crippen LogP contribution in [0.15, 0.2) is 60.8 Å². The number of likely N-dealkylation sites (tertiary alicyclic amines) is 1. The Morgan fingerprint density at radius 2 is 1.80 bits per heavy atom. The number of amides is 4. The molecule has 264 valence electrons. The van der Waals surface area contributed by atoms with E-state index in [0.717, 1.165) is 73.2 Å². The number of rotatable bonds is 9. The van der Waals surface area contributed by atoms with Gasteiger partial charge in [0.15, 0.2) is 0 Å². The summed E-state index contributed by atoms with van der Waals surface area (Å²) in [4.78, 5) is 64.7. The van der Waals surface area contributed by atoms with Gasteiger partial charge in [-0.1, -0.05) is 6.07 Å². The molecule has 6 heterocycles. The second-order valence-corrected chi connectivity index (χ2v) is 14.3. The molecule has 2 aromatic heterocycles. The van der Waals surface area contributed by atoms with Crippen LogP contribution in [0.1, 0.15) is 83.0 Å². The number of H-pyrrole nitrogens is 1. The van der Waals surface area contributed by atoms with Gasteiger partial charge in [-0.25, -0.2) is 4.98 Å². The highest BCUT2D eigenvalue weighted by Crippen LogP contribution is 2.36. The first-order valence-electron chi connectivity index (χ1n) is 18.1. The molecule has 0 aliphatic carbocycles. The number of piperidine rings is 2. The van der Waals surface area contributed by atoms with Crippen LogP contribution in [0.4, 0.5) is 11.5 Å². The monoisotopic (exact) mass is 689 g/mol. The van der Waals surface area contributed by atoms with Gasteiger partial charge in [0.1, 0.15) is 17.6 Å². The van der Waals surface area contributed by atoms with Gasteiger partial charge in [-0.2, -0.15) is 0 Å². The maximum atomic E-state index is 13.3. The molecule has 0 spiro atoms. The highest BCUT2D eigenvalue weighted by molar-refractivity contribution is 6.06. The van der Waals surface area contributed by atoms with Crippen molar-refractivity contribution in [1.82, 2.24) is 25.1 Å². The second kappa shape index (κ2) is 13.8. The van der Waals surface area contributed by atoms with Crippen LogP contribution >= 0.6 is 0 Å². The van der Waals surface area contributed by atoms with E-state index in [2.05, 4.69) is 49.6 Å². The molecule has 3 N–H and O–H groups in total. The quantitative estimate of drug-likeness (QED) is 0.208. The maximum absolute atomic E-state index is 13.3. The first-order valence-corrected chi connectivity index (χ1v) is 18.1. The Bertz CT molecular complexity index is 1980. The van der Waals surface area contributed by atoms with Crippen LogP contribution in [0.2, 0.25) is 0 Å². The lowest BCUT2D eigenvalue weighted by Crippen LogP contribution is -2.52. The van der Waals surface area contributed by atoms with Crippen molar-refractivity contribution in [3.05, 3.63) is 83.2 Å². The summed E-state index contributed by atoms with van der Waals surface area (Å²) >= 11 is 0. The van der Waals surface area contributed by atoms with Gasteiger partial charge in [0.05, 0.1) is 12.1 Å². The first kappa shape index (κ1) is 32.9. The summed E-state index contributed by atoms with van der Waals surface area (Å²) in [6.07, 6.45) is 7.68. The number of anilines is 2. The Labute approximate surface area is 296 Å². The summed E-state index contributed by atoms with van der Waals surface area (Å²) in [5, 5.41) is 6.34. The molecule has 12 nitrogen and oxygen atoms in total. The van der Waals surface area contributed by atoms with Crippen molar-refractivity contribution in [3.63, 3.8) is 0 Å². The van der Waals surface area contributed by atoms with E-state index in [-0.39, 0.29) is 24.1 Å². The number of hydrogen-bond donors (Lipinski definition) is 3. The lowest BCUT2D eigenvalue weighted by molar-refractivity contribution is -0.136. The highest BCUT2D eigenvalue weighted by atomic mass is 16.5. The van der Waals surface area contributed by atoms with E-state index in [1.165, 1.54) is 12.1 Å². The molecule has 8 rings (SSSR count). The molecule has 4 amide bonds. The largest absolute Gasteiger partial charge is 0.494 e. The number of aromatic amines is 1. The molecule has 3 fully saturated rings. The van der Waals surface area contributed by atoms with Crippen LogP contribution in [0.3, 0.4) is 0 Å². The molecule has 3 saturated heterocycles. The number of nitrogens with zero attached hydrogens (tertiary/aromatic N) is 4. The van der Waals surface area contributed by atoms with Crippen LogP contribution in [-0.2, 0) is 16.1 Å². The lowest BCUT2D eigenvalue weighted by atomic mass is 9.93. The Kier molecular flexibility index (Phi) is 8.93. The number of aromatic nitrogens is 2. The van der Waals surface area contributed by atoms with Crippen LogP contribution in [0.5, 0.6) is 5.75 Å². The van der Waals surface area contributed by atoms with Gasteiger partial charge in [-0.15, -0.1) is 0 Å². The first-order chi connectivity index (χ1) is 24.8. The predicted octanol–water partition coefficient (Wildman–Crippen LogP) is 5.03. The summed E-state index contributed by atoms with van der Waals surface area (Å²) < 4.78 is 6.07. The predicted molar refractivity (Wildman–Crippen MR) is 193 cm³/mol. The number of hydrogen-bond acceptors (Lipinski definition) is 8. The van der Waals surface area contributed by atoms with E-state index < -0.39 is 11.9 Å². The molecular weight excluding hydrogens is 646 g/mol. The molecule has 0 saturated carbocycles. The fourth-order valence-electron chi connectivity index (χ4n) is 8.16. The van der Waals surface area contributed by atoms with E-state index in [9.17, 15) is 19.2 Å². The number of pyridine rings is 1. The van der Waals surface area contributed by atoms with Gasteiger partial charge in [-0.3, -0.25) is 29.4 Å². The normalized spacial score (nSPS) is 21.3. The SMILES string of the molecule is CN1CCC[C@@H]1c1cc2cnc(NC(=O)c3ccc(OCCC4CCN(c5cccc6c5CN(C5CCC(=O)NC5=O)C6=O)CC4)cc3)cc2[nH]1. The Hall–Kier alpha value is -5.23. The summed E-state index contributed by atoms with van der Waals surface area (Å²) in [5.74, 6) is 0.709. The summed E-state index contributed by atoms with van der Waals surface area (Å²) in [6.45, 7) is 3.82. The molecule has 12 heteroatoms. The molecule has 0 bridgehead atoms. The van der Waals surface area contributed by atoms with Crippen molar-refractivity contribution >= 4 is 46.0 Å². The van der Waals surface area contributed by atoms with Gasteiger partial charge < -0.3 is 24.8 Å². The highest BCUT2D eigenvalue weighted by Gasteiger charge is 2.40. The van der Waals surface area contributed by atoms with Crippen molar-refractivity contribution in [2.24, 2.45) is 5.92 Å². The van der Waals surface area contributed by atoms with E-state index >= 15 is 0 Å². The summed E-state index contributed by atoms with van der Waals surface area (Å²) in [6, 6.07) is 16.8. The molecule has 0 radical (unpaired) electrons. The lowest BCUT2D eigenvalue weighted by Gasteiger charge is -2.35. The third-order valence-corrected chi connectivity index (χ3v) is 11.1. The Morgan fingerprint density at radius 1 is 0.980 bits per heavy atom. The minimum atomic E-state index is -0.616. The van der Waals surface area contributed by atoms with Gasteiger partial charge in [0.2, 0.25) is 11.8 Å². The van der Waals surface area contributed by atoms with E-state index in [1.807, 2.05) is 30.3 Å². The van der Waals surface area contributed by atoms with Crippen molar-refractivity contribution in [3.8, 4) is 5.75 Å². The van der Waals surface area contributed by atoms with Gasteiger partial charge in [-0.05, 0) is 100 Å². The number of nitrogens with one attached hydrogen (secondary N) is 3. The molecule has 2 atom stereocenters. The number of ether oxygens (including phenoxy) is 1. The van der Waals surface area contributed by atoms with Gasteiger partial charge in [0, 0.05) is 77.8 Å². The van der Waals surface area contributed by atoms with Crippen LogP contribution in [0.25, 0.3) is 10.9 Å². The minimum Gasteiger partial charge on any atom is -0.494 e. The molecule has 4 aromatic rings. The number of benzene rings is 2. The summed E-state index contributed by atoms with van der Waals surface area (Å²) in [7, 11) is 2.15. The van der Waals surface area contributed by atoms with Crippen molar-refractivity contribution < 1.29 is 23.9 Å². The van der Waals surface area contributed by atoms with Crippen LogP contribution in [0, 0.1) is 5.92 Å². The minimum absolute atomic E-state index is 0.144. The van der Waals surface area contributed by atoms with Crippen molar-refractivity contribution in [2.45, 2.75) is 63.6 Å². The van der Waals surface area contributed by atoms with Crippen LogP contribution < -0.4 is 20.3 Å². The van der Waals surface area contributed by atoms with Crippen molar-refractivity contribution in [1.29, 1.82) is 0 Å².